The fraction of sp³-hybridized carbons (Fsp3) is 0.440. The number of aromatic nitrogens is 3. The van der Waals surface area contributed by atoms with Crippen molar-refractivity contribution in [2.24, 2.45) is 0 Å². The maximum Gasteiger partial charge on any atom is 0.194 e. The van der Waals surface area contributed by atoms with E-state index in [9.17, 15) is 28.5 Å². The van der Waals surface area contributed by atoms with Crippen LogP contribution in [0.5, 0.6) is 0 Å². The van der Waals surface area contributed by atoms with E-state index in [1.54, 1.807) is 12.1 Å². The highest BCUT2D eigenvalue weighted by atomic mass is 35.5. The number of rotatable bonds is 5. The topological polar surface area (TPSA) is 104 Å². The van der Waals surface area contributed by atoms with Crippen molar-refractivity contribution in [2.45, 2.75) is 49.3 Å². The average molecular weight is 539 g/mol. The van der Waals surface area contributed by atoms with E-state index in [2.05, 4.69) is 15.2 Å². The van der Waals surface area contributed by atoms with Crippen LogP contribution in [0, 0.1) is 17.5 Å². The Kier molecular flexibility index (Phi) is 7.27. The number of benzene rings is 2. The van der Waals surface area contributed by atoms with Crippen molar-refractivity contribution in [2.75, 3.05) is 19.7 Å². The van der Waals surface area contributed by atoms with Gasteiger partial charge in [0.1, 0.15) is 35.6 Å². The van der Waals surface area contributed by atoms with Crippen LogP contribution in [-0.4, -0.2) is 78.8 Å². The van der Waals surface area contributed by atoms with E-state index in [0.29, 0.717) is 31.0 Å². The fourth-order valence-electron chi connectivity index (χ4n) is 5.32. The van der Waals surface area contributed by atoms with Crippen molar-refractivity contribution in [3.63, 3.8) is 0 Å². The Morgan fingerprint density at radius 1 is 1.11 bits per heavy atom. The van der Waals surface area contributed by atoms with E-state index in [-0.39, 0.29) is 11.3 Å². The summed E-state index contributed by atoms with van der Waals surface area (Å²) in [7, 11) is 0. The Bertz CT molecular complexity index is 1240. The molecule has 2 aliphatic rings. The van der Waals surface area contributed by atoms with Crippen LogP contribution in [0.25, 0.3) is 11.3 Å². The lowest BCUT2D eigenvalue weighted by Crippen LogP contribution is -2.67. The van der Waals surface area contributed by atoms with Gasteiger partial charge in [-0.05, 0) is 49.2 Å². The van der Waals surface area contributed by atoms with Gasteiger partial charge in [-0.25, -0.2) is 17.9 Å². The summed E-state index contributed by atoms with van der Waals surface area (Å²) >= 11 is 5.99. The van der Waals surface area contributed by atoms with Crippen molar-refractivity contribution in [3.05, 3.63) is 70.6 Å². The fourth-order valence-corrected chi connectivity index (χ4v) is 5.45. The first-order valence-electron chi connectivity index (χ1n) is 11.9. The number of ether oxygens (including phenoxy) is 1. The Hall–Kier alpha value is -2.54. The summed E-state index contributed by atoms with van der Waals surface area (Å²) in [6.07, 6.45) is -1.14. The summed E-state index contributed by atoms with van der Waals surface area (Å²) in [6.45, 7) is 1.17. The van der Waals surface area contributed by atoms with Gasteiger partial charge in [-0.15, -0.1) is 5.10 Å². The van der Waals surface area contributed by atoms with Gasteiger partial charge in [0.05, 0.1) is 12.8 Å². The van der Waals surface area contributed by atoms with Gasteiger partial charge in [-0.2, -0.15) is 0 Å². The van der Waals surface area contributed by atoms with Gasteiger partial charge < -0.3 is 20.1 Å². The molecule has 5 atom stereocenters. The number of hydrogen-bond donors (Lipinski definition) is 3. The Morgan fingerprint density at radius 3 is 2.49 bits per heavy atom. The van der Waals surface area contributed by atoms with Gasteiger partial charge in [0.25, 0.3) is 0 Å². The summed E-state index contributed by atoms with van der Waals surface area (Å²) < 4.78 is 48.3. The minimum atomic E-state index is -1.60. The molecule has 2 saturated heterocycles. The molecule has 2 aromatic carbocycles. The zero-order chi connectivity index (χ0) is 26.3. The predicted octanol–water partition coefficient (Wildman–Crippen LogP) is 2.70. The number of likely N-dealkylation sites (tertiary alicyclic amines) is 1. The Labute approximate surface area is 215 Å². The molecule has 2 fully saturated rings. The highest BCUT2D eigenvalue weighted by molar-refractivity contribution is 6.30. The maximum absolute atomic E-state index is 13.8. The zero-order valence-corrected chi connectivity index (χ0v) is 20.4. The minimum Gasteiger partial charge on any atom is -0.394 e. The second-order valence-electron chi connectivity index (χ2n) is 9.61. The first-order valence-corrected chi connectivity index (χ1v) is 12.3. The smallest absolute Gasteiger partial charge is 0.194 e. The lowest BCUT2D eigenvalue weighted by molar-refractivity contribution is -0.269. The SMILES string of the molecule is OC[C@H]1O[C@@]2(CCCN(Cc3ccc(Cl)cc3)C2)[C@H](O)[C@@H](n2cc(-c3cc(F)c(F)c(F)c3)nn2)[C@H]1O. The number of piperidine rings is 1. The molecule has 0 bridgehead atoms. The summed E-state index contributed by atoms with van der Waals surface area (Å²) in [4.78, 5) is 2.12. The van der Waals surface area contributed by atoms with Crippen LogP contribution < -0.4 is 0 Å². The highest BCUT2D eigenvalue weighted by Gasteiger charge is 2.56. The lowest BCUT2D eigenvalue weighted by atomic mass is 9.78. The van der Waals surface area contributed by atoms with Crippen molar-refractivity contribution >= 4 is 11.6 Å². The van der Waals surface area contributed by atoms with Gasteiger partial charge in [-0.3, -0.25) is 4.90 Å². The van der Waals surface area contributed by atoms with E-state index in [1.165, 1.54) is 10.9 Å². The zero-order valence-electron chi connectivity index (χ0n) is 19.6. The molecule has 3 N–H and O–H groups in total. The van der Waals surface area contributed by atoms with Crippen LogP contribution in [0.1, 0.15) is 24.4 Å². The summed E-state index contributed by atoms with van der Waals surface area (Å²) in [5, 5.41) is 41.0. The van der Waals surface area contributed by atoms with Crippen LogP contribution in [0.15, 0.2) is 42.6 Å². The van der Waals surface area contributed by atoms with Gasteiger partial charge in [0.15, 0.2) is 17.5 Å². The number of aliphatic hydroxyl groups is 3. The molecule has 8 nitrogen and oxygen atoms in total. The molecule has 198 valence electrons. The molecule has 0 aliphatic carbocycles. The van der Waals surface area contributed by atoms with Crippen LogP contribution >= 0.6 is 11.6 Å². The lowest BCUT2D eigenvalue weighted by Gasteiger charge is -2.53. The number of hydrogen-bond acceptors (Lipinski definition) is 7. The van der Waals surface area contributed by atoms with Crippen LogP contribution in [-0.2, 0) is 11.3 Å². The Balaban J connectivity index is 1.43. The average Bonchev–Trinajstić information content (AvgIpc) is 3.36. The van der Waals surface area contributed by atoms with Gasteiger partial charge in [0.2, 0.25) is 0 Å². The van der Waals surface area contributed by atoms with E-state index >= 15 is 0 Å². The first kappa shape index (κ1) is 26.1. The number of aliphatic hydroxyl groups excluding tert-OH is 3. The van der Waals surface area contributed by atoms with Crippen LogP contribution in [0.3, 0.4) is 0 Å². The summed E-state index contributed by atoms with van der Waals surface area (Å²) in [5.74, 6) is -4.35. The molecular formula is C25H26ClF3N4O4. The summed E-state index contributed by atoms with van der Waals surface area (Å²) in [6, 6.07) is 7.95. The molecule has 3 heterocycles. The molecule has 0 amide bonds. The van der Waals surface area contributed by atoms with Gasteiger partial charge in [0, 0.05) is 23.7 Å². The molecule has 0 unspecified atom stereocenters. The van der Waals surface area contributed by atoms with E-state index < -0.39 is 54.0 Å². The molecular weight excluding hydrogens is 513 g/mol. The Morgan fingerprint density at radius 2 is 1.81 bits per heavy atom. The van der Waals surface area contributed by atoms with Crippen molar-refractivity contribution in [3.8, 4) is 11.3 Å². The second kappa shape index (κ2) is 10.3. The monoisotopic (exact) mass is 538 g/mol. The molecule has 1 spiro atoms. The molecule has 12 heteroatoms. The van der Waals surface area contributed by atoms with E-state index in [1.807, 2.05) is 12.1 Å². The second-order valence-corrected chi connectivity index (χ2v) is 10.0. The normalized spacial score (nSPS) is 28.6. The molecule has 5 rings (SSSR count). The van der Waals surface area contributed by atoms with Crippen molar-refractivity contribution in [1.82, 2.24) is 19.9 Å². The largest absolute Gasteiger partial charge is 0.394 e. The molecule has 1 aromatic heterocycles. The predicted molar refractivity (Wildman–Crippen MR) is 127 cm³/mol. The van der Waals surface area contributed by atoms with Crippen LogP contribution in [0.2, 0.25) is 5.02 Å². The molecule has 37 heavy (non-hydrogen) atoms. The molecule has 2 aliphatic heterocycles. The number of halogens is 4. The summed E-state index contributed by atoms with van der Waals surface area (Å²) in [5.41, 5.74) is -0.130. The minimum absolute atomic E-state index is 0.0197. The van der Waals surface area contributed by atoms with E-state index in [0.717, 1.165) is 24.2 Å². The first-order chi connectivity index (χ1) is 17.7. The third-order valence-electron chi connectivity index (χ3n) is 7.14. The van der Waals surface area contributed by atoms with E-state index in [4.69, 9.17) is 16.3 Å². The molecule has 3 aromatic rings. The van der Waals surface area contributed by atoms with Crippen molar-refractivity contribution in [1.29, 1.82) is 0 Å². The van der Waals surface area contributed by atoms with Gasteiger partial charge >= 0.3 is 0 Å². The van der Waals surface area contributed by atoms with Gasteiger partial charge in [-0.1, -0.05) is 28.9 Å². The molecule has 0 radical (unpaired) electrons. The van der Waals surface area contributed by atoms with Crippen LogP contribution in [0.4, 0.5) is 13.2 Å². The molecule has 0 saturated carbocycles. The third-order valence-corrected chi connectivity index (χ3v) is 7.39. The van der Waals surface area contributed by atoms with Crippen molar-refractivity contribution < 1.29 is 33.2 Å². The quantitative estimate of drug-likeness (QED) is 0.429. The highest BCUT2D eigenvalue weighted by Crippen LogP contribution is 2.42. The maximum atomic E-state index is 13.8. The number of nitrogens with zero attached hydrogens (tertiary/aromatic N) is 4. The third kappa shape index (κ3) is 4.99. The standard InChI is InChI=1S/C25H26ClF3N4O4/c26-16-4-2-14(3-5-16)10-32-7-1-6-25(13-32)24(36)22(23(35)20(12-34)37-25)33-11-19(30-31-33)15-8-17(27)21(29)18(28)9-15/h2-5,8-9,11,20,22-24,34-36H,1,6-7,10,12-13H2/t20-,22+,23+,24-,25-/m1/s1.